The maximum atomic E-state index is 10.8. The standard InChI is InChI=1S/C27H30N2O4/c1-17(2)25-23(14-13-21(30)15-22(31)16-24(32)33)26(19-7-5-4-6-8-19)29-27(28-25)20-11-9-18(3)10-12-20/h4-14,17,21-22,30-31H,15-16H2,1-3H3,(H,32,33). The molecule has 2 aromatic carbocycles. The first-order chi connectivity index (χ1) is 15.7. The molecule has 172 valence electrons. The lowest BCUT2D eigenvalue weighted by Crippen LogP contribution is -2.19. The number of benzene rings is 2. The van der Waals surface area contributed by atoms with Crippen LogP contribution in [0.2, 0.25) is 0 Å². The van der Waals surface area contributed by atoms with Crippen molar-refractivity contribution in [2.24, 2.45) is 0 Å². The molecule has 0 fully saturated rings. The number of aliphatic hydroxyl groups excluding tert-OH is 2. The van der Waals surface area contributed by atoms with Crippen molar-refractivity contribution in [2.75, 3.05) is 0 Å². The molecule has 0 aliphatic carbocycles. The minimum absolute atomic E-state index is 0.0667. The van der Waals surface area contributed by atoms with E-state index in [2.05, 4.69) is 13.8 Å². The lowest BCUT2D eigenvalue weighted by atomic mass is 9.96. The molecule has 3 aromatic rings. The number of aryl methyl sites for hydroxylation is 1. The molecule has 0 aliphatic heterocycles. The molecule has 6 nitrogen and oxygen atoms in total. The van der Waals surface area contributed by atoms with Gasteiger partial charge in [-0.05, 0) is 12.8 Å². The van der Waals surface area contributed by atoms with E-state index < -0.39 is 24.6 Å². The molecule has 2 unspecified atom stereocenters. The molecule has 0 saturated carbocycles. The van der Waals surface area contributed by atoms with Crippen molar-refractivity contribution in [3.8, 4) is 22.6 Å². The average Bonchev–Trinajstić information content (AvgIpc) is 2.77. The lowest BCUT2D eigenvalue weighted by molar-refractivity contribution is -0.139. The number of rotatable bonds is 9. The summed E-state index contributed by atoms with van der Waals surface area (Å²) in [5.41, 5.74) is 5.39. The zero-order valence-corrected chi connectivity index (χ0v) is 19.1. The molecule has 3 N–H and O–H groups in total. The molecule has 1 heterocycles. The molecule has 2 atom stereocenters. The van der Waals surface area contributed by atoms with Crippen LogP contribution in [-0.2, 0) is 4.79 Å². The van der Waals surface area contributed by atoms with Gasteiger partial charge in [0.25, 0.3) is 0 Å². The third kappa shape index (κ3) is 6.57. The highest BCUT2D eigenvalue weighted by Crippen LogP contribution is 2.31. The molecule has 0 aliphatic rings. The van der Waals surface area contributed by atoms with E-state index in [9.17, 15) is 15.0 Å². The number of carbonyl (C=O) groups is 1. The van der Waals surface area contributed by atoms with E-state index in [0.29, 0.717) is 5.82 Å². The predicted octanol–water partition coefficient (Wildman–Crippen LogP) is 4.84. The van der Waals surface area contributed by atoms with Crippen LogP contribution in [0.5, 0.6) is 0 Å². The second kappa shape index (κ2) is 11.0. The van der Waals surface area contributed by atoms with E-state index in [-0.39, 0.29) is 12.3 Å². The Hall–Kier alpha value is -3.35. The fraction of sp³-hybridized carbons (Fsp3) is 0.296. The molecule has 33 heavy (non-hydrogen) atoms. The Bertz CT molecular complexity index is 1110. The Kier molecular flexibility index (Phi) is 8.09. The van der Waals surface area contributed by atoms with Crippen LogP contribution >= 0.6 is 0 Å². The summed E-state index contributed by atoms with van der Waals surface area (Å²) in [4.78, 5) is 20.5. The van der Waals surface area contributed by atoms with Gasteiger partial charge in [-0.25, -0.2) is 9.97 Å². The first-order valence-corrected chi connectivity index (χ1v) is 11.0. The van der Waals surface area contributed by atoms with Gasteiger partial charge >= 0.3 is 5.97 Å². The number of aliphatic carboxylic acids is 1. The van der Waals surface area contributed by atoms with Crippen LogP contribution in [0.25, 0.3) is 28.7 Å². The van der Waals surface area contributed by atoms with Crippen molar-refractivity contribution >= 4 is 12.0 Å². The van der Waals surface area contributed by atoms with E-state index >= 15 is 0 Å². The van der Waals surface area contributed by atoms with Gasteiger partial charge in [-0.2, -0.15) is 0 Å². The van der Waals surface area contributed by atoms with Crippen LogP contribution < -0.4 is 0 Å². The molecule has 0 radical (unpaired) electrons. The smallest absolute Gasteiger partial charge is 0.305 e. The highest BCUT2D eigenvalue weighted by molar-refractivity contribution is 5.76. The second-order valence-corrected chi connectivity index (χ2v) is 8.50. The van der Waals surface area contributed by atoms with Gasteiger partial charge in [0.05, 0.1) is 30.0 Å². The SMILES string of the molecule is Cc1ccc(-c2nc(-c3ccccc3)c(C=CC(O)CC(O)CC(=O)O)c(C(C)C)n2)cc1. The van der Waals surface area contributed by atoms with Crippen molar-refractivity contribution in [1.29, 1.82) is 0 Å². The first-order valence-electron chi connectivity index (χ1n) is 11.0. The maximum Gasteiger partial charge on any atom is 0.305 e. The van der Waals surface area contributed by atoms with Crippen molar-refractivity contribution < 1.29 is 20.1 Å². The molecule has 1 aromatic heterocycles. The summed E-state index contributed by atoms with van der Waals surface area (Å²) in [6.45, 7) is 6.15. The van der Waals surface area contributed by atoms with Crippen molar-refractivity contribution in [3.05, 3.63) is 77.5 Å². The van der Waals surface area contributed by atoms with Gasteiger partial charge in [0.2, 0.25) is 0 Å². The van der Waals surface area contributed by atoms with Crippen LogP contribution in [0.4, 0.5) is 0 Å². The third-order valence-corrected chi connectivity index (χ3v) is 5.29. The largest absolute Gasteiger partial charge is 0.481 e. The Balaban J connectivity index is 2.07. The van der Waals surface area contributed by atoms with Crippen LogP contribution in [0.15, 0.2) is 60.7 Å². The summed E-state index contributed by atoms with van der Waals surface area (Å²) < 4.78 is 0. The van der Waals surface area contributed by atoms with Crippen LogP contribution in [0.3, 0.4) is 0 Å². The van der Waals surface area contributed by atoms with Gasteiger partial charge in [0.15, 0.2) is 5.82 Å². The molecule has 3 rings (SSSR count). The summed E-state index contributed by atoms with van der Waals surface area (Å²) in [5.74, 6) is -0.381. The van der Waals surface area contributed by atoms with Gasteiger partial charge in [0.1, 0.15) is 0 Å². The number of carboxylic acid groups (broad SMARTS) is 1. The Labute approximate surface area is 194 Å². The molecule has 0 bridgehead atoms. The van der Waals surface area contributed by atoms with E-state index in [1.165, 1.54) is 0 Å². The number of nitrogens with zero attached hydrogens (tertiary/aromatic N) is 2. The molecular formula is C27H30N2O4. The average molecular weight is 447 g/mol. The molecule has 0 saturated heterocycles. The minimum atomic E-state index is -1.12. The summed E-state index contributed by atoms with van der Waals surface area (Å²) in [5, 5.41) is 29.0. The highest BCUT2D eigenvalue weighted by atomic mass is 16.4. The minimum Gasteiger partial charge on any atom is -0.481 e. The second-order valence-electron chi connectivity index (χ2n) is 8.50. The number of hydrogen-bond acceptors (Lipinski definition) is 5. The number of hydrogen-bond donors (Lipinski definition) is 3. The zero-order valence-electron chi connectivity index (χ0n) is 19.1. The maximum absolute atomic E-state index is 10.8. The monoisotopic (exact) mass is 446 g/mol. The number of aliphatic hydroxyl groups is 2. The van der Waals surface area contributed by atoms with E-state index in [0.717, 1.165) is 33.6 Å². The fourth-order valence-electron chi connectivity index (χ4n) is 3.59. The van der Waals surface area contributed by atoms with Gasteiger partial charge in [0, 0.05) is 23.1 Å². The van der Waals surface area contributed by atoms with Crippen molar-refractivity contribution in [2.45, 2.75) is 51.7 Å². The highest BCUT2D eigenvalue weighted by Gasteiger charge is 2.18. The summed E-state index contributed by atoms with van der Waals surface area (Å²) in [6.07, 6.45) is 0.733. The van der Waals surface area contributed by atoms with Crippen LogP contribution in [0, 0.1) is 6.92 Å². The van der Waals surface area contributed by atoms with Crippen molar-refractivity contribution in [1.82, 2.24) is 9.97 Å². The predicted molar refractivity (Wildman–Crippen MR) is 130 cm³/mol. The summed E-state index contributed by atoms with van der Waals surface area (Å²) >= 11 is 0. The molecule has 6 heteroatoms. The summed E-state index contributed by atoms with van der Waals surface area (Å²) in [6, 6.07) is 17.9. The van der Waals surface area contributed by atoms with Crippen LogP contribution in [0.1, 0.15) is 49.4 Å². The molecule has 0 spiro atoms. The number of carboxylic acids is 1. The Morgan fingerprint density at radius 3 is 2.24 bits per heavy atom. The van der Waals surface area contributed by atoms with Gasteiger partial charge < -0.3 is 15.3 Å². The third-order valence-electron chi connectivity index (χ3n) is 5.29. The fourth-order valence-corrected chi connectivity index (χ4v) is 3.59. The zero-order chi connectivity index (χ0) is 24.0. The molecular weight excluding hydrogens is 416 g/mol. The van der Waals surface area contributed by atoms with Crippen molar-refractivity contribution in [3.63, 3.8) is 0 Å². The van der Waals surface area contributed by atoms with E-state index in [1.807, 2.05) is 61.5 Å². The van der Waals surface area contributed by atoms with Gasteiger partial charge in [-0.15, -0.1) is 0 Å². The topological polar surface area (TPSA) is 104 Å². The van der Waals surface area contributed by atoms with E-state index in [1.54, 1.807) is 12.2 Å². The Morgan fingerprint density at radius 2 is 1.64 bits per heavy atom. The quantitative estimate of drug-likeness (QED) is 0.434. The Morgan fingerprint density at radius 1 is 0.970 bits per heavy atom. The van der Waals surface area contributed by atoms with E-state index in [4.69, 9.17) is 15.1 Å². The normalized spacial score (nSPS) is 13.4. The summed E-state index contributed by atoms with van der Waals surface area (Å²) in [7, 11) is 0. The van der Waals surface area contributed by atoms with Crippen LogP contribution in [-0.4, -0.2) is 43.5 Å². The van der Waals surface area contributed by atoms with Gasteiger partial charge in [-0.1, -0.05) is 86.2 Å². The first kappa shape index (κ1) is 24.3. The molecule has 0 amide bonds. The number of aromatic nitrogens is 2. The lowest BCUT2D eigenvalue weighted by Gasteiger charge is -2.17. The van der Waals surface area contributed by atoms with Gasteiger partial charge in [-0.3, -0.25) is 4.79 Å².